The Morgan fingerprint density at radius 3 is 2.74 bits per heavy atom. The normalized spacial score (nSPS) is 10.9. The Labute approximate surface area is 191 Å². The first-order valence-electron chi connectivity index (χ1n) is 9.99. The molecule has 3 rings (SSSR count). The number of ether oxygens (including phenoxy) is 2. The van der Waals surface area contributed by atoms with Gasteiger partial charge in [0, 0.05) is 12.1 Å². The van der Waals surface area contributed by atoms with Gasteiger partial charge in [-0.2, -0.15) is 5.10 Å². The summed E-state index contributed by atoms with van der Waals surface area (Å²) in [6.45, 7) is 6.72. The van der Waals surface area contributed by atoms with Gasteiger partial charge in [0.1, 0.15) is 23.8 Å². The van der Waals surface area contributed by atoms with Crippen LogP contribution in [0.15, 0.2) is 71.9 Å². The zero-order chi connectivity index (χ0) is 22.2. The zero-order valence-corrected chi connectivity index (χ0v) is 19.3. The van der Waals surface area contributed by atoms with Gasteiger partial charge in [-0.3, -0.25) is 9.48 Å². The molecule has 2 aromatic carbocycles. The molecular weight excluding hydrogens is 456 g/mol. The molecule has 1 aromatic heterocycles. The van der Waals surface area contributed by atoms with Crippen LogP contribution in [-0.2, 0) is 19.6 Å². The highest BCUT2D eigenvalue weighted by molar-refractivity contribution is 9.10. The highest BCUT2D eigenvalue weighted by Crippen LogP contribution is 2.25. The van der Waals surface area contributed by atoms with Crippen molar-refractivity contribution in [2.45, 2.75) is 26.5 Å². The van der Waals surface area contributed by atoms with Crippen molar-refractivity contribution < 1.29 is 14.3 Å². The Balaban J connectivity index is 1.79. The van der Waals surface area contributed by atoms with Gasteiger partial charge in [0.05, 0.1) is 17.8 Å². The van der Waals surface area contributed by atoms with E-state index in [4.69, 9.17) is 9.47 Å². The highest BCUT2D eigenvalue weighted by atomic mass is 79.9. The number of benzene rings is 2. The molecule has 0 radical (unpaired) electrons. The number of para-hydroxylation sites is 1. The predicted octanol–water partition coefficient (Wildman–Crippen LogP) is 5.88. The summed E-state index contributed by atoms with van der Waals surface area (Å²) in [5.41, 5.74) is 3.39. The van der Waals surface area contributed by atoms with Crippen LogP contribution in [0.5, 0.6) is 11.5 Å². The number of hydrogen-bond acceptors (Lipinski definition) is 4. The summed E-state index contributed by atoms with van der Waals surface area (Å²) in [6.07, 6.45) is 7.57. The first-order valence-corrected chi connectivity index (χ1v) is 10.8. The van der Waals surface area contributed by atoms with E-state index in [1.807, 2.05) is 55.5 Å². The third-order valence-corrected chi connectivity index (χ3v) is 5.36. The lowest BCUT2D eigenvalue weighted by Gasteiger charge is -2.13. The van der Waals surface area contributed by atoms with Crippen molar-refractivity contribution in [1.82, 2.24) is 9.78 Å². The maximum absolute atomic E-state index is 12.7. The molecule has 0 spiro atoms. The van der Waals surface area contributed by atoms with E-state index < -0.39 is 0 Å². The molecule has 0 bridgehead atoms. The summed E-state index contributed by atoms with van der Waals surface area (Å²) in [7, 11) is 1.63. The average Bonchev–Trinajstić information content (AvgIpc) is 3.17. The molecule has 6 heteroatoms. The molecule has 0 unspecified atom stereocenters. The number of carbonyl (C=O) groups is 1. The van der Waals surface area contributed by atoms with E-state index >= 15 is 0 Å². The van der Waals surface area contributed by atoms with Crippen molar-refractivity contribution in [1.29, 1.82) is 0 Å². The Hall–Kier alpha value is -3.12. The molecule has 0 aliphatic heterocycles. The highest BCUT2D eigenvalue weighted by Gasteiger charge is 2.14. The molecule has 0 N–H and O–H groups in total. The standard InChI is InChI=1S/C25H25BrN2O3/c1-4-8-19-9-6-7-10-24(19)31-17-20-15-18(12-14-23(20)30-3)11-13-22(29)25-21(26)16-27-28(25)5-2/h4,6-7,9-16H,1,5,8,17H2,2-3H3/b13-11+. The van der Waals surface area contributed by atoms with E-state index in [1.165, 1.54) is 0 Å². The second kappa shape index (κ2) is 10.8. The minimum absolute atomic E-state index is 0.113. The lowest BCUT2D eigenvalue weighted by Crippen LogP contribution is -2.07. The molecule has 3 aromatic rings. The summed E-state index contributed by atoms with van der Waals surface area (Å²) in [4.78, 5) is 12.7. The number of aryl methyl sites for hydroxylation is 1. The number of methoxy groups -OCH3 is 1. The van der Waals surface area contributed by atoms with Crippen LogP contribution >= 0.6 is 15.9 Å². The largest absolute Gasteiger partial charge is 0.496 e. The first kappa shape index (κ1) is 22.6. The maximum atomic E-state index is 12.7. The van der Waals surface area contributed by atoms with Crippen LogP contribution in [0.4, 0.5) is 0 Å². The number of carbonyl (C=O) groups excluding carboxylic acids is 1. The summed E-state index contributed by atoms with van der Waals surface area (Å²) in [6, 6.07) is 13.7. The van der Waals surface area contributed by atoms with Crippen molar-refractivity contribution >= 4 is 27.8 Å². The fourth-order valence-electron chi connectivity index (χ4n) is 3.24. The molecule has 31 heavy (non-hydrogen) atoms. The van der Waals surface area contributed by atoms with Crippen molar-refractivity contribution in [3.63, 3.8) is 0 Å². The molecule has 0 saturated heterocycles. The average molecular weight is 481 g/mol. The van der Waals surface area contributed by atoms with Gasteiger partial charge >= 0.3 is 0 Å². The Kier molecular flexibility index (Phi) is 7.84. The van der Waals surface area contributed by atoms with E-state index in [0.717, 1.165) is 34.6 Å². The Bertz CT molecular complexity index is 1100. The van der Waals surface area contributed by atoms with Crippen LogP contribution in [0.1, 0.15) is 34.1 Å². The van der Waals surface area contributed by atoms with Crippen LogP contribution in [0.2, 0.25) is 0 Å². The molecule has 0 aliphatic carbocycles. The molecule has 5 nitrogen and oxygen atoms in total. The Morgan fingerprint density at radius 2 is 2.00 bits per heavy atom. The number of ketones is 1. The monoisotopic (exact) mass is 480 g/mol. The van der Waals surface area contributed by atoms with Gasteiger partial charge in [-0.15, -0.1) is 6.58 Å². The van der Waals surface area contributed by atoms with E-state index in [-0.39, 0.29) is 5.78 Å². The molecule has 0 aliphatic rings. The van der Waals surface area contributed by atoms with E-state index in [2.05, 4.69) is 27.6 Å². The van der Waals surface area contributed by atoms with E-state index in [9.17, 15) is 4.79 Å². The molecule has 160 valence electrons. The minimum Gasteiger partial charge on any atom is -0.496 e. The van der Waals surface area contributed by atoms with E-state index in [1.54, 1.807) is 30.1 Å². The molecule has 0 fully saturated rings. The zero-order valence-electron chi connectivity index (χ0n) is 17.7. The molecular formula is C25H25BrN2O3. The number of rotatable bonds is 10. The lowest BCUT2D eigenvalue weighted by atomic mass is 10.1. The van der Waals surface area contributed by atoms with E-state index in [0.29, 0.717) is 23.3 Å². The lowest BCUT2D eigenvalue weighted by molar-refractivity contribution is 0.103. The van der Waals surface area contributed by atoms with Crippen molar-refractivity contribution in [3.05, 3.63) is 94.2 Å². The molecule has 1 heterocycles. The smallest absolute Gasteiger partial charge is 0.205 e. The minimum atomic E-state index is -0.113. The summed E-state index contributed by atoms with van der Waals surface area (Å²) in [5, 5.41) is 4.20. The fraction of sp³-hybridized carbons (Fsp3) is 0.200. The van der Waals surface area contributed by atoms with Crippen LogP contribution in [-0.4, -0.2) is 22.7 Å². The van der Waals surface area contributed by atoms with Crippen molar-refractivity contribution in [3.8, 4) is 11.5 Å². The maximum Gasteiger partial charge on any atom is 0.205 e. The van der Waals surface area contributed by atoms with Gasteiger partial charge in [-0.05, 0) is 64.7 Å². The summed E-state index contributed by atoms with van der Waals surface area (Å²) < 4.78 is 13.9. The van der Waals surface area contributed by atoms with Crippen molar-refractivity contribution in [2.75, 3.05) is 7.11 Å². The predicted molar refractivity (Wildman–Crippen MR) is 127 cm³/mol. The van der Waals surface area contributed by atoms with Gasteiger partial charge < -0.3 is 9.47 Å². The number of aromatic nitrogens is 2. The Morgan fingerprint density at radius 1 is 1.19 bits per heavy atom. The van der Waals surface area contributed by atoms with Gasteiger partial charge in [0.2, 0.25) is 5.78 Å². The number of halogens is 1. The van der Waals surface area contributed by atoms with Gasteiger partial charge in [-0.25, -0.2) is 0 Å². The number of nitrogens with zero attached hydrogens (tertiary/aromatic N) is 2. The van der Waals surface area contributed by atoms with Crippen LogP contribution in [0, 0.1) is 0 Å². The topological polar surface area (TPSA) is 53.3 Å². The molecule has 0 saturated carbocycles. The fourth-order valence-corrected chi connectivity index (χ4v) is 3.73. The summed E-state index contributed by atoms with van der Waals surface area (Å²) >= 11 is 3.40. The molecule has 0 atom stereocenters. The van der Waals surface area contributed by atoms with Gasteiger partial charge in [-0.1, -0.05) is 36.4 Å². The number of hydrogen-bond donors (Lipinski definition) is 0. The van der Waals surface area contributed by atoms with Crippen molar-refractivity contribution in [2.24, 2.45) is 0 Å². The third-order valence-electron chi connectivity index (χ3n) is 4.78. The third kappa shape index (κ3) is 5.52. The van der Waals surface area contributed by atoms with Crippen LogP contribution in [0.3, 0.4) is 0 Å². The second-order valence-electron chi connectivity index (χ2n) is 6.81. The van der Waals surface area contributed by atoms with Gasteiger partial charge in [0.15, 0.2) is 0 Å². The number of allylic oxidation sites excluding steroid dienone is 2. The van der Waals surface area contributed by atoms with Crippen LogP contribution < -0.4 is 9.47 Å². The molecule has 0 amide bonds. The van der Waals surface area contributed by atoms with Gasteiger partial charge in [0.25, 0.3) is 0 Å². The SMILES string of the molecule is C=CCc1ccccc1OCc1cc(/C=C/C(=O)c2c(Br)cnn2CC)ccc1OC. The van der Waals surface area contributed by atoms with Crippen LogP contribution in [0.25, 0.3) is 6.08 Å². The quantitative estimate of drug-likeness (QED) is 0.206. The second-order valence-corrected chi connectivity index (χ2v) is 7.67. The summed E-state index contributed by atoms with van der Waals surface area (Å²) in [5.74, 6) is 1.44. The first-order chi connectivity index (χ1) is 15.1.